The topological polar surface area (TPSA) is 17.8 Å². The van der Waals surface area contributed by atoms with Crippen LogP contribution in [0.5, 0.6) is 0 Å². The maximum Gasteiger partial charge on any atom is 0.147 e. The zero-order valence-corrected chi connectivity index (χ0v) is 23.5. The van der Waals surface area contributed by atoms with Crippen molar-refractivity contribution in [3.63, 3.8) is 0 Å². The van der Waals surface area contributed by atoms with Crippen LogP contribution in [0.1, 0.15) is 11.1 Å². The van der Waals surface area contributed by atoms with Gasteiger partial charge in [0.15, 0.2) is 0 Å². The molecule has 8 rings (SSSR count). The standard InChI is InChI=1S/C37H25FN2S/c1-22-19-26(24-9-4-3-5-10-24)20-23(2)34(22)40-33-14-7-6-13-32(33)39-37(40)31-12-8-11-29-30-17-15-25-21-27(38)16-18-28(25)35(30)41-36(29)31/h3-21H,1-2H3. The Labute approximate surface area is 241 Å². The highest BCUT2D eigenvalue weighted by molar-refractivity contribution is 7.27. The van der Waals surface area contributed by atoms with E-state index >= 15 is 0 Å². The van der Waals surface area contributed by atoms with Gasteiger partial charge < -0.3 is 0 Å². The van der Waals surface area contributed by atoms with Gasteiger partial charge in [0, 0.05) is 25.7 Å². The van der Waals surface area contributed by atoms with E-state index in [2.05, 4.69) is 103 Å². The highest BCUT2D eigenvalue weighted by Crippen LogP contribution is 2.44. The number of imidazole rings is 1. The number of fused-ring (bicyclic) bond motifs is 6. The van der Waals surface area contributed by atoms with E-state index in [0.717, 1.165) is 38.9 Å². The zero-order valence-electron chi connectivity index (χ0n) is 22.7. The number of nitrogens with zero attached hydrogens (tertiary/aromatic N) is 2. The van der Waals surface area contributed by atoms with Crippen LogP contribution in [-0.2, 0) is 0 Å². The monoisotopic (exact) mass is 548 g/mol. The first-order valence-corrected chi connectivity index (χ1v) is 14.6. The van der Waals surface area contributed by atoms with Crippen LogP contribution < -0.4 is 0 Å². The Bertz CT molecular complexity index is 2270. The predicted molar refractivity (Wildman–Crippen MR) is 172 cm³/mol. The molecule has 0 radical (unpaired) electrons. The van der Waals surface area contributed by atoms with Crippen LogP contribution in [0.15, 0.2) is 115 Å². The fourth-order valence-electron chi connectivity index (χ4n) is 6.27. The van der Waals surface area contributed by atoms with Crippen molar-refractivity contribution in [3.05, 3.63) is 132 Å². The second-order valence-corrected chi connectivity index (χ2v) is 11.7. The number of aromatic nitrogens is 2. The van der Waals surface area contributed by atoms with Crippen molar-refractivity contribution in [1.29, 1.82) is 0 Å². The van der Waals surface area contributed by atoms with Crippen molar-refractivity contribution >= 4 is 53.3 Å². The van der Waals surface area contributed by atoms with Gasteiger partial charge in [-0.1, -0.05) is 72.8 Å². The molecule has 0 aliphatic carbocycles. The summed E-state index contributed by atoms with van der Waals surface area (Å²) in [5.74, 6) is 0.716. The van der Waals surface area contributed by atoms with Crippen LogP contribution >= 0.6 is 11.3 Å². The maximum absolute atomic E-state index is 14.0. The summed E-state index contributed by atoms with van der Waals surface area (Å²) in [6.07, 6.45) is 0. The molecule has 6 aromatic carbocycles. The maximum atomic E-state index is 14.0. The summed E-state index contributed by atoms with van der Waals surface area (Å²) < 4.78 is 18.7. The molecule has 0 fully saturated rings. The summed E-state index contributed by atoms with van der Waals surface area (Å²) in [7, 11) is 0. The number of aryl methyl sites for hydroxylation is 2. The first kappa shape index (κ1) is 24.0. The Kier molecular flexibility index (Phi) is 5.34. The number of thiophene rings is 1. The summed E-state index contributed by atoms with van der Waals surface area (Å²) in [5, 5.41) is 4.38. The molecular formula is C37H25FN2S. The summed E-state index contributed by atoms with van der Waals surface area (Å²) in [5.41, 5.74) is 9.13. The van der Waals surface area contributed by atoms with E-state index in [-0.39, 0.29) is 5.82 Å². The average Bonchev–Trinajstić information content (AvgIpc) is 3.56. The zero-order chi connectivity index (χ0) is 27.7. The molecule has 0 saturated carbocycles. The number of para-hydroxylation sites is 2. The molecule has 0 aliphatic rings. The lowest BCUT2D eigenvalue weighted by atomic mass is 9.98. The lowest BCUT2D eigenvalue weighted by molar-refractivity contribution is 0.630. The van der Waals surface area contributed by atoms with Gasteiger partial charge in [-0.05, 0) is 89.3 Å². The van der Waals surface area contributed by atoms with Crippen LogP contribution in [0.3, 0.4) is 0 Å². The third-order valence-corrected chi connectivity index (χ3v) is 9.35. The van der Waals surface area contributed by atoms with E-state index < -0.39 is 0 Å². The minimum atomic E-state index is -0.212. The third kappa shape index (κ3) is 3.71. The van der Waals surface area contributed by atoms with Crippen molar-refractivity contribution in [2.24, 2.45) is 0 Å². The molecular weight excluding hydrogens is 523 g/mol. The summed E-state index contributed by atoms with van der Waals surface area (Å²) in [6.45, 7) is 4.39. The molecule has 0 amide bonds. The first-order valence-electron chi connectivity index (χ1n) is 13.8. The van der Waals surface area contributed by atoms with Gasteiger partial charge >= 0.3 is 0 Å². The predicted octanol–water partition coefficient (Wildman–Crippen LogP) is 10.6. The Morgan fingerprint density at radius 1 is 0.634 bits per heavy atom. The van der Waals surface area contributed by atoms with Crippen molar-refractivity contribution in [2.75, 3.05) is 0 Å². The average molecular weight is 549 g/mol. The molecule has 0 unspecified atom stereocenters. The molecule has 0 bridgehead atoms. The van der Waals surface area contributed by atoms with E-state index in [1.807, 2.05) is 18.2 Å². The molecule has 2 nitrogen and oxygen atoms in total. The first-order chi connectivity index (χ1) is 20.1. The van der Waals surface area contributed by atoms with Gasteiger partial charge in [0.25, 0.3) is 0 Å². The molecule has 8 aromatic rings. The van der Waals surface area contributed by atoms with E-state index in [9.17, 15) is 4.39 Å². The van der Waals surface area contributed by atoms with Crippen LogP contribution in [-0.4, -0.2) is 9.55 Å². The Morgan fingerprint density at radius 3 is 2.20 bits per heavy atom. The van der Waals surface area contributed by atoms with Gasteiger partial charge in [0.2, 0.25) is 0 Å². The summed E-state index contributed by atoms with van der Waals surface area (Å²) >= 11 is 1.76. The van der Waals surface area contributed by atoms with Crippen molar-refractivity contribution in [2.45, 2.75) is 13.8 Å². The van der Waals surface area contributed by atoms with Gasteiger partial charge in [-0.15, -0.1) is 11.3 Å². The molecule has 2 heterocycles. The van der Waals surface area contributed by atoms with Crippen molar-refractivity contribution in [1.82, 2.24) is 9.55 Å². The Hall–Kier alpha value is -4.80. The molecule has 196 valence electrons. The van der Waals surface area contributed by atoms with Gasteiger partial charge in [-0.2, -0.15) is 0 Å². The lowest BCUT2D eigenvalue weighted by Crippen LogP contribution is -2.03. The molecule has 4 heteroatoms. The number of hydrogen-bond acceptors (Lipinski definition) is 2. The van der Waals surface area contributed by atoms with Gasteiger partial charge in [0.05, 0.1) is 16.7 Å². The number of rotatable bonds is 3. The van der Waals surface area contributed by atoms with E-state index in [4.69, 9.17) is 4.98 Å². The fourth-order valence-corrected chi connectivity index (χ4v) is 7.62. The molecule has 0 atom stereocenters. The van der Waals surface area contributed by atoms with Gasteiger partial charge in [0.1, 0.15) is 11.6 Å². The quantitative estimate of drug-likeness (QED) is 0.215. The normalized spacial score (nSPS) is 11.8. The second-order valence-electron chi connectivity index (χ2n) is 10.7. The van der Waals surface area contributed by atoms with Gasteiger partial charge in [-0.3, -0.25) is 4.57 Å². The smallest absolute Gasteiger partial charge is 0.147 e. The minimum Gasteiger partial charge on any atom is -0.292 e. The number of hydrogen-bond donors (Lipinski definition) is 0. The van der Waals surface area contributed by atoms with E-state index in [0.29, 0.717) is 0 Å². The van der Waals surface area contributed by atoms with Crippen molar-refractivity contribution < 1.29 is 4.39 Å². The van der Waals surface area contributed by atoms with E-state index in [1.54, 1.807) is 23.5 Å². The highest BCUT2D eigenvalue weighted by atomic mass is 32.1. The molecule has 0 saturated heterocycles. The van der Waals surface area contributed by atoms with Gasteiger partial charge in [-0.25, -0.2) is 9.37 Å². The molecule has 2 aromatic heterocycles. The summed E-state index contributed by atoms with van der Waals surface area (Å²) in [4.78, 5) is 5.24. The number of halogens is 1. The number of benzene rings is 6. The fraction of sp³-hybridized carbons (Fsp3) is 0.0541. The largest absolute Gasteiger partial charge is 0.292 e. The molecule has 0 aliphatic heterocycles. The lowest BCUT2D eigenvalue weighted by Gasteiger charge is -2.17. The molecule has 0 N–H and O–H groups in total. The molecule has 41 heavy (non-hydrogen) atoms. The third-order valence-electron chi connectivity index (χ3n) is 8.07. The van der Waals surface area contributed by atoms with Crippen LogP contribution in [0.4, 0.5) is 4.39 Å². The molecule has 0 spiro atoms. The summed E-state index contributed by atoms with van der Waals surface area (Å²) in [6, 6.07) is 39.2. The minimum absolute atomic E-state index is 0.212. The van der Waals surface area contributed by atoms with E-state index in [1.165, 1.54) is 42.4 Å². The van der Waals surface area contributed by atoms with Crippen LogP contribution in [0.2, 0.25) is 0 Å². The highest BCUT2D eigenvalue weighted by Gasteiger charge is 2.21. The SMILES string of the molecule is Cc1cc(-c2ccccc2)cc(C)c1-n1c(-c2cccc3c2sc2c4ccc(F)cc4ccc32)nc2ccccc21. The second kappa shape index (κ2) is 9.12. The Balaban J connectivity index is 1.42. The van der Waals surface area contributed by atoms with Crippen LogP contribution in [0, 0.1) is 19.7 Å². The Morgan fingerprint density at radius 2 is 1.37 bits per heavy atom. The van der Waals surface area contributed by atoms with Crippen molar-refractivity contribution in [3.8, 4) is 28.2 Å². The van der Waals surface area contributed by atoms with Crippen LogP contribution in [0.25, 0.3) is 70.2 Å².